The number of allylic oxidation sites excluding steroid dienone is 4. The second-order valence-electron chi connectivity index (χ2n) is 19.0. The van der Waals surface area contributed by atoms with E-state index in [0.29, 0.717) is 22.3 Å². The summed E-state index contributed by atoms with van der Waals surface area (Å²) in [5.74, 6) is 0. The topological polar surface area (TPSA) is 0 Å². The van der Waals surface area contributed by atoms with Crippen molar-refractivity contribution < 1.29 is 13.2 Å². The third-order valence-electron chi connectivity index (χ3n) is 14.3. The quantitative estimate of drug-likeness (QED) is 0.147. The molecule has 0 amide bonds. The third-order valence-corrected chi connectivity index (χ3v) is 14.3. The van der Waals surface area contributed by atoms with E-state index in [4.69, 9.17) is 0 Å². The van der Waals surface area contributed by atoms with Crippen LogP contribution in [0.25, 0.3) is 72.3 Å². The van der Waals surface area contributed by atoms with Crippen molar-refractivity contribution in [3.8, 4) is 66.8 Å². The summed E-state index contributed by atoms with van der Waals surface area (Å²) in [6, 6.07) is 45.9. The summed E-state index contributed by atoms with van der Waals surface area (Å²) in [7, 11) is 0. The van der Waals surface area contributed by atoms with Crippen LogP contribution >= 0.6 is 0 Å². The van der Waals surface area contributed by atoms with Gasteiger partial charge in [-0.25, -0.2) is 0 Å². The zero-order valence-corrected chi connectivity index (χ0v) is 36.4. The van der Waals surface area contributed by atoms with E-state index in [9.17, 15) is 0 Å². The van der Waals surface area contributed by atoms with Gasteiger partial charge in [0.05, 0.1) is 0 Å². The Morgan fingerprint density at radius 1 is 0.435 bits per heavy atom. The Morgan fingerprint density at radius 2 is 0.758 bits per heavy atom. The number of hydrogen-bond donors (Lipinski definition) is 0. The lowest BCUT2D eigenvalue weighted by molar-refractivity contribution is -0.172. The summed E-state index contributed by atoms with van der Waals surface area (Å²) >= 11 is 0. The standard InChI is InChI=1S/C59H49F3/c1-34(2)10-13-36(4)38-16-22-44-46-24-18-40(30-52(46)56(5,6)50(44)28-38)42-20-26-48-49-27-21-43(33-55(49)58(9,54(48)32-42)59(60,61)62)41-19-25-47-45-23-17-39(37-14-11-35(3)12-15-37)29-51(45)57(7,8)53(47)31-41/h10-33H,1,4H2,2-3,5-9H3. The molecular weight excluding hydrogens is 766 g/mol. The summed E-state index contributed by atoms with van der Waals surface area (Å²) in [4.78, 5) is 0. The first kappa shape index (κ1) is 39.7. The van der Waals surface area contributed by atoms with Gasteiger partial charge in [-0.1, -0.05) is 161 Å². The maximum absolute atomic E-state index is 15.8. The molecule has 62 heavy (non-hydrogen) atoms. The minimum absolute atomic E-state index is 0.290. The number of rotatable bonds is 6. The van der Waals surface area contributed by atoms with E-state index in [1.807, 2.05) is 43.3 Å². The zero-order valence-electron chi connectivity index (χ0n) is 36.4. The van der Waals surface area contributed by atoms with E-state index < -0.39 is 11.6 Å². The van der Waals surface area contributed by atoms with Crippen LogP contribution in [0.3, 0.4) is 0 Å². The minimum Gasteiger partial charge on any atom is -0.170 e. The molecule has 0 bridgehead atoms. The van der Waals surface area contributed by atoms with Crippen molar-refractivity contribution >= 4 is 5.57 Å². The van der Waals surface area contributed by atoms with Crippen molar-refractivity contribution in [1.29, 1.82) is 0 Å². The van der Waals surface area contributed by atoms with Gasteiger partial charge in [0.1, 0.15) is 5.41 Å². The normalized spacial score (nSPS) is 17.3. The van der Waals surface area contributed by atoms with Crippen LogP contribution in [0.15, 0.2) is 164 Å². The van der Waals surface area contributed by atoms with Gasteiger partial charge in [-0.2, -0.15) is 13.2 Å². The van der Waals surface area contributed by atoms with Crippen LogP contribution in [-0.2, 0) is 16.2 Å². The molecule has 0 radical (unpaired) electrons. The fourth-order valence-electron chi connectivity index (χ4n) is 10.5. The van der Waals surface area contributed by atoms with E-state index in [1.165, 1.54) is 57.0 Å². The maximum Gasteiger partial charge on any atom is 0.402 e. The summed E-state index contributed by atoms with van der Waals surface area (Å²) in [5.41, 5.74) is 18.4. The van der Waals surface area contributed by atoms with Crippen molar-refractivity contribution in [1.82, 2.24) is 0 Å². The number of hydrogen-bond acceptors (Lipinski definition) is 0. The van der Waals surface area contributed by atoms with E-state index in [1.54, 1.807) is 12.1 Å². The number of alkyl halides is 3. The monoisotopic (exact) mass is 814 g/mol. The lowest BCUT2D eigenvalue weighted by atomic mass is 9.77. The Morgan fingerprint density at radius 3 is 1.15 bits per heavy atom. The molecule has 7 aromatic carbocycles. The predicted molar refractivity (Wildman–Crippen MR) is 254 cm³/mol. The first-order valence-electron chi connectivity index (χ1n) is 21.4. The second kappa shape index (κ2) is 13.5. The molecule has 3 aliphatic rings. The molecule has 10 rings (SSSR count). The van der Waals surface area contributed by atoms with Crippen molar-refractivity contribution in [2.75, 3.05) is 0 Å². The summed E-state index contributed by atoms with van der Waals surface area (Å²) in [5, 5.41) is 0. The van der Waals surface area contributed by atoms with Gasteiger partial charge in [0.25, 0.3) is 0 Å². The van der Waals surface area contributed by atoms with Gasteiger partial charge in [-0.05, 0) is 168 Å². The molecule has 0 heterocycles. The van der Waals surface area contributed by atoms with Crippen LogP contribution in [0, 0.1) is 6.92 Å². The zero-order chi connectivity index (χ0) is 43.7. The molecule has 3 heteroatoms. The van der Waals surface area contributed by atoms with Gasteiger partial charge in [-0.3, -0.25) is 0 Å². The molecule has 0 aliphatic heterocycles. The van der Waals surface area contributed by atoms with Crippen LogP contribution in [0.5, 0.6) is 0 Å². The van der Waals surface area contributed by atoms with Crippen molar-refractivity contribution in [3.63, 3.8) is 0 Å². The van der Waals surface area contributed by atoms with Crippen molar-refractivity contribution in [3.05, 3.63) is 209 Å². The fourth-order valence-corrected chi connectivity index (χ4v) is 10.5. The lowest BCUT2D eigenvalue weighted by Gasteiger charge is -2.30. The van der Waals surface area contributed by atoms with E-state index in [0.717, 1.165) is 50.1 Å². The van der Waals surface area contributed by atoms with E-state index in [2.05, 4.69) is 145 Å². The van der Waals surface area contributed by atoms with Crippen LogP contribution in [0.2, 0.25) is 0 Å². The molecule has 0 saturated carbocycles. The van der Waals surface area contributed by atoms with Crippen molar-refractivity contribution in [2.45, 2.75) is 70.9 Å². The molecule has 0 spiro atoms. The number of fused-ring (bicyclic) bond motifs is 9. The minimum atomic E-state index is -4.54. The summed E-state index contributed by atoms with van der Waals surface area (Å²) in [6.07, 6.45) is -0.577. The van der Waals surface area contributed by atoms with Crippen LogP contribution in [0.4, 0.5) is 13.2 Å². The van der Waals surface area contributed by atoms with Gasteiger partial charge in [0, 0.05) is 10.8 Å². The average molecular weight is 815 g/mol. The van der Waals surface area contributed by atoms with Gasteiger partial charge in [0.15, 0.2) is 0 Å². The van der Waals surface area contributed by atoms with Gasteiger partial charge >= 0.3 is 6.18 Å². The summed E-state index contributed by atoms with van der Waals surface area (Å²) < 4.78 is 47.3. The number of aryl methyl sites for hydroxylation is 1. The molecule has 1 atom stereocenters. The van der Waals surface area contributed by atoms with Crippen LogP contribution in [-0.4, -0.2) is 6.18 Å². The SMILES string of the molecule is C=C(C)C=CC(=C)c1ccc2c(c1)C(C)(C)c1cc(-c3ccc4c(c3)C(C)(C(F)(F)F)c3cc(-c5ccc6c(c5)C(C)(C)c5cc(-c7ccc(C)cc7)ccc5-6)ccc3-4)ccc1-2. The Bertz CT molecular complexity index is 3110. The molecular formula is C59H49F3. The molecule has 7 aromatic rings. The van der Waals surface area contributed by atoms with Gasteiger partial charge in [0.2, 0.25) is 0 Å². The van der Waals surface area contributed by atoms with Crippen LogP contribution < -0.4 is 0 Å². The Kier molecular flexibility index (Phi) is 8.65. The first-order chi connectivity index (χ1) is 29.4. The highest BCUT2D eigenvalue weighted by Crippen LogP contribution is 2.59. The van der Waals surface area contributed by atoms with Gasteiger partial charge < -0.3 is 0 Å². The molecule has 1 unspecified atom stereocenters. The Balaban J connectivity index is 0.997. The molecule has 306 valence electrons. The third kappa shape index (κ3) is 5.81. The highest BCUT2D eigenvalue weighted by Gasteiger charge is 2.58. The first-order valence-corrected chi connectivity index (χ1v) is 21.4. The van der Waals surface area contributed by atoms with E-state index >= 15 is 13.2 Å². The highest BCUT2D eigenvalue weighted by molar-refractivity contribution is 5.90. The second-order valence-corrected chi connectivity index (χ2v) is 19.0. The lowest BCUT2D eigenvalue weighted by Crippen LogP contribution is -2.38. The maximum atomic E-state index is 15.8. The Hall–Kier alpha value is -6.45. The highest BCUT2D eigenvalue weighted by atomic mass is 19.4. The van der Waals surface area contributed by atoms with Crippen molar-refractivity contribution in [2.24, 2.45) is 0 Å². The molecule has 0 fully saturated rings. The smallest absolute Gasteiger partial charge is 0.170 e. The van der Waals surface area contributed by atoms with E-state index in [-0.39, 0.29) is 10.8 Å². The number of benzene rings is 7. The Labute approximate surface area is 363 Å². The fraction of sp³-hybridized carbons (Fsp3) is 0.186. The summed E-state index contributed by atoms with van der Waals surface area (Å²) in [6.45, 7) is 22.6. The van der Waals surface area contributed by atoms with Gasteiger partial charge in [-0.15, -0.1) is 0 Å². The predicted octanol–water partition coefficient (Wildman–Crippen LogP) is 16.6. The van der Waals surface area contributed by atoms with Crippen LogP contribution in [0.1, 0.15) is 86.1 Å². The molecule has 0 saturated heterocycles. The average Bonchev–Trinajstić information content (AvgIpc) is 3.75. The molecule has 0 N–H and O–H groups in total. The largest absolute Gasteiger partial charge is 0.402 e. The number of halogens is 3. The molecule has 3 aliphatic carbocycles. The molecule has 0 aromatic heterocycles. The molecule has 0 nitrogen and oxygen atoms in total.